The van der Waals surface area contributed by atoms with Crippen LogP contribution in [0.4, 0.5) is 0 Å². The first-order valence-corrected chi connectivity index (χ1v) is 8.86. The molecule has 0 bridgehead atoms. The smallest absolute Gasteiger partial charge is 0.337 e. The Hall–Kier alpha value is -1.19. The third kappa shape index (κ3) is 2.50. The molecule has 7 nitrogen and oxygen atoms in total. The van der Waals surface area contributed by atoms with E-state index >= 15 is 0 Å². The molecular formula is C13H14ClNO6S. The number of hydrogen-bond acceptors (Lipinski definition) is 6. The van der Waals surface area contributed by atoms with Gasteiger partial charge in [0.2, 0.25) is 0 Å². The van der Waals surface area contributed by atoms with Crippen LogP contribution in [0.25, 0.3) is 0 Å². The van der Waals surface area contributed by atoms with Crippen LogP contribution in [0.2, 0.25) is 5.02 Å². The number of hydroxylamine groups is 1. The Kier molecular flexibility index (Phi) is 3.90. The van der Waals surface area contributed by atoms with Crippen molar-refractivity contribution in [2.45, 2.75) is 29.6 Å². The molecule has 9 heteroatoms. The van der Waals surface area contributed by atoms with E-state index in [2.05, 4.69) is 5.48 Å². The molecule has 22 heavy (non-hydrogen) atoms. The Bertz CT molecular complexity index is 734. The number of rotatable bonds is 3. The molecule has 2 aliphatic heterocycles. The molecule has 2 heterocycles. The fraction of sp³-hybridized carbons (Fsp3) is 0.462. The minimum atomic E-state index is -3.61. The van der Waals surface area contributed by atoms with Gasteiger partial charge < -0.3 is 9.84 Å². The molecule has 2 fully saturated rings. The predicted molar refractivity (Wildman–Crippen MR) is 76.6 cm³/mol. The quantitative estimate of drug-likeness (QED) is 0.846. The number of halogens is 1. The van der Waals surface area contributed by atoms with Crippen LogP contribution in [0.1, 0.15) is 28.4 Å². The lowest BCUT2D eigenvalue weighted by Gasteiger charge is -2.20. The van der Waals surface area contributed by atoms with Gasteiger partial charge in [-0.2, -0.15) is 5.48 Å². The van der Waals surface area contributed by atoms with Crippen LogP contribution in [-0.2, 0) is 19.4 Å². The van der Waals surface area contributed by atoms with Crippen molar-refractivity contribution in [3.8, 4) is 0 Å². The summed E-state index contributed by atoms with van der Waals surface area (Å²) in [6.07, 6.45) is 0.593. The average molecular weight is 348 g/mol. The lowest BCUT2D eigenvalue weighted by atomic mass is 9.98. The Labute approximate surface area is 132 Å². The molecule has 0 aromatic heterocycles. The summed E-state index contributed by atoms with van der Waals surface area (Å²) in [6, 6.07) is 2.35. The van der Waals surface area contributed by atoms with E-state index in [1.807, 2.05) is 0 Å². The van der Waals surface area contributed by atoms with Crippen molar-refractivity contribution in [2.75, 3.05) is 12.9 Å². The second-order valence-corrected chi connectivity index (χ2v) is 7.67. The largest absolute Gasteiger partial charge is 0.478 e. The van der Waals surface area contributed by atoms with E-state index in [0.29, 0.717) is 6.61 Å². The van der Waals surface area contributed by atoms with Gasteiger partial charge in [-0.05, 0) is 18.6 Å². The third-order valence-corrected chi connectivity index (χ3v) is 5.40. The van der Waals surface area contributed by atoms with Crippen molar-refractivity contribution in [1.29, 1.82) is 0 Å². The van der Waals surface area contributed by atoms with Crippen molar-refractivity contribution in [1.82, 2.24) is 5.48 Å². The highest BCUT2D eigenvalue weighted by Gasteiger charge is 2.45. The molecule has 1 aromatic carbocycles. The SMILES string of the molecule is CS(=O)(=O)c1ccc(C(=O)O)c(Cl)c1C1ONC2CCOC21. The average Bonchev–Trinajstić information content (AvgIpc) is 2.99. The van der Waals surface area contributed by atoms with Crippen LogP contribution in [0.5, 0.6) is 0 Å². The molecule has 3 rings (SSSR count). The van der Waals surface area contributed by atoms with Crippen molar-refractivity contribution in [3.63, 3.8) is 0 Å². The number of ether oxygens (including phenoxy) is 1. The minimum absolute atomic E-state index is 0.0505. The molecule has 1 aromatic rings. The van der Waals surface area contributed by atoms with Gasteiger partial charge in [-0.3, -0.25) is 4.84 Å². The van der Waals surface area contributed by atoms with Crippen LogP contribution in [-0.4, -0.2) is 44.5 Å². The number of benzene rings is 1. The van der Waals surface area contributed by atoms with E-state index in [-0.39, 0.29) is 27.1 Å². The van der Waals surface area contributed by atoms with Gasteiger partial charge in [-0.25, -0.2) is 13.2 Å². The molecule has 3 atom stereocenters. The monoisotopic (exact) mass is 347 g/mol. The van der Waals surface area contributed by atoms with Crippen LogP contribution in [0.15, 0.2) is 17.0 Å². The standard InChI is InChI=1S/C13H14ClNO6S/c1-22(18,19)8-3-2-6(13(16)17)10(14)9(8)12-11-7(15-21-12)4-5-20-11/h2-3,7,11-12,15H,4-5H2,1H3,(H,16,17). The third-order valence-electron chi connectivity index (χ3n) is 3.83. The summed E-state index contributed by atoms with van der Waals surface area (Å²) in [5.74, 6) is -1.24. The topological polar surface area (TPSA) is 102 Å². The van der Waals surface area contributed by atoms with Crippen molar-refractivity contribution >= 4 is 27.4 Å². The van der Waals surface area contributed by atoms with Crippen LogP contribution in [0, 0.1) is 0 Å². The van der Waals surface area contributed by atoms with E-state index < -0.39 is 28.0 Å². The van der Waals surface area contributed by atoms with E-state index in [0.717, 1.165) is 12.7 Å². The molecular weight excluding hydrogens is 334 g/mol. The molecule has 3 unspecified atom stereocenters. The molecule has 0 amide bonds. The van der Waals surface area contributed by atoms with Crippen molar-refractivity contribution in [3.05, 3.63) is 28.3 Å². The van der Waals surface area contributed by atoms with Gasteiger partial charge in [-0.15, -0.1) is 0 Å². The number of carboxylic acid groups (broad SMARTS) is 1. The number of nitrogens with one attached hydrogen (secondary N) is 1. The van der Waals surface area contributed by atoms with Gasteiger partial charge in [0, 0.05) is 18.4 Å². The number of carboxylic acids is 1. The maximum atomic E-state index is 12.0. The number of hydrogen-bond donors (Lipinski definition) is 2. The molecule has 0 spiro atoms. The molecule has 2 aliphatic rings. The van der Waals surface area contributed by atoms with Crippen LogP contribution < -0.4 is 5.48 Å². The highest BCUT2D eigenvalue weighted by Crippen LogP contribution is 2.42. The Morgan fingerprint density at radius 3 is 2.82 bits per heavy atom. The number of aromatic carboxylic acids is 1. The van der Waals surface area contributed by atoms with Gasteiger partial charge in [0.1, 0.15) is 12.2 Å². The first-order chi connectivity index (χ1) is 10.3. The number of fused-ring (bicyclic) bond motifs is 1. The van der Waals surface area contributed by atoms with Crippen molar-refractivity contribution in [2.24, 2.45) is 0 Å². The molecule has 0 aliphatic carbocycles. The fourth-order valence-corrected chi connectivity index (χ4v) is 4.16. The van der Waals surface area contributed by atoms with Gasteiger partial charge in [0.15, 0.2) is 9.84 Å². The van der Waals surface area contributed by atoms with E-state index in [1.165, 1.54) is 12.1 Å². The molecule has 2 N–H and O–H groups in total. The van der Waals surface area contributed by atoms with Crippen LogP contribution in [0.3, 0.4) is 0 Å². The minimum Gasteiger partial charge on any atom is -0.478 e. The van der Waals surface area contributed by atoms with Gasteiger partial charge in [-0.1, -0.05) is 11.6 Å². The number of sulfone groups is 1. The summed E-state index contributed by atoms with van der Waals surface area (Å²) in [5.41, 5.74) is 2.75. The summed E-state index contributed by atoms with van der Waals surface area (Å²) in [7, 11) is -3.61. The lowest BCUT2D eigenvalue weighted by Crippen LogP contribution is -2.26. The number of carbonyl (C=O) groups is 1. The van der Waals surface area contributed by atoms with E-state index in [4.69, 9.17) is 21.2 Å². The summed E-state index contributed by atoms with van der Waals surface area (Å²) >= 11 is 6.18. The zero-order valence-corrected chi connectivity index (χ0v) is 13.1. The summed E-state index contributed by atoms with van der Waals surface area (Å²) in [4.78, 5) is 16.6. The predicted octanol–water partition coefficient (Wildman–Crippen LogP) is 1.18. The molecule has 0 saturated carbocycles. The molecule has 120 valence electrons. The van der Waals surface area contributed by atoms with Gasteiger partial charge in [0.05, 0.1) is 21.5 Å². The summed E-state index contributed by atoms with van der Waals surface area (Å²) in [6.45, 7) is 0.520. The Balaban J connectivity index is 2.19. The second-order valence-electron chi connectivity index (χ2n) is 5.30. The normalized spacial score (nSPS) is 27.8. The first-order valence-electron chi connectivity index (χ1n) is 6.59. The zero-order valence-electron chi connectivity index (χ0n) is 11.6. The second kappa shape index (κ2) is 5.47. The molecule has 0 radical (unpaired) electrons. The maximum absolute atomic E-state index is 12.0. The Morgan fingerprint density at radius 1 is 1.45 bits per heavy atom. The molecule has 2 saturated heterocycles. The van der Waals surface area contributed by atoms with E-state index in [1.54, 1.807) is 0 Å². The van der Waals surface area contributed by atoms with Crippen molar-refractivity contribution < 1.29 is 27.9 Å². The lowest BCUT2D eigenvalue weighted by molar-refractivity contribution is -0.0286. The van der Waals surface area contributed by atoms with Gasteiger partial charge in [0.25, 0.3) is 0 Å². The van der Waals surface area contributed by atoms with E-state index in [9.17, 15) is 18.3 Å². The first kappa shape index (κ1) is 15.7. The highest BCUT2D eigenvalue weighted by molar-refractivity contribution is 7.90. The maximum Gasteiger partial charge on any atom is 0.337 e. The summed E-state index contributed by atoms with van der Waals surface area (Å²) in [5, 5.41) is 9.05. The summed E-state index contributed by atoms with van der Waals surface area (Å²) < 4.78 is 29.6. The highest BCUT2D eigenvalue weighted by atomic mass is 35.5. The fourth-order valence-electron chi connectivity index (χ4n) is 2.82. The zero-order chi connectivity index (χ0) is 16.1. The Morgan fingerprint density at radius 2 is 2.18 bits per heavy atom. The van der Waals surface area contributed by atoms with Crippen LogP contribution >= 0.6 is 11.6 Å². The van der Waals surface area contributed by atoms with Gasteiger partial charge >= 0.3 is 5.97 Å².